The minimum atomic E-state index is -5.09. The number of hydrogen-bond acceptors (Lipinski definition) is 4. The maximum atomic E-state index is 13.4. The summed E-state index contributed by atoms with van der Waals surface area (Å²) in [6.07, 6.45) is 1.33. The summed E-state index contributed by atoms with van der Waals surface area (Å²) in [5, 5.41) is 4.66. The third kappa shape index (κ3) is 6.32. The molecule has 1 aliphatic heterocycles. The van der Waals surface area contributed by atoms with Crippen molar-refractivity contribution < 1.29 is 30.4 Å². The van der Waals surface area contributed by atoms with Crippen LogP contribution in [0.5, 0.6) is 0 Å². The van der Waals surface area contributed by atoms with Gasteiger partial charge in [0.15, 0.2) is 0 Å². The number of aromatic nitrogens is 2. The zero-order valence-electron chi connectivity index (χ0n) is 20.3. The van der Waals surface area contributed by atoms with Crippen molar-refractivity contribution in [3.63, 3.8) is 0 Å². The molecule has 1 saturated heterocycles. The highest BCUT2D eigenvalue weighted by Gasteiger charge is 2.42. The van der Waals surface area contributed by atoms with Crippen LogP contribution in [-0.4, -0.2) is 63.4 Å². The Morgan fingerprint density at radius 1 is 1.23 bits per heavy atom. The number of nitrogens with zero attached hydrogens (tertiary/aromatic N) is 3. The lowest BCUT2D eigenvalue weighted by Gasteiger charge is -2.40. The van der Waals surface area contributed by atoms with E-state index in [1.54, 1.807) is 54.0 Å². The van der Waals surface area contributed by atoms with Gasteiger partial charge in [-0.05, 0) is 42.7 Å². The van der Waals surface area contributed by atoms with Gasteiger partial charge in [-0.3, -0.25) is 14.4 Å². The standard InChI is InChI=1S/C24H32F3N5O3.2H2/c1-14(2)10-16-7-9-31(22(34)17-6-5-8-32-13-28-11-19(17)32)12-18(16)29-21(33)20(15(3)4)30-23(35)24(25,26)27;;/h5-6,8,11,13-16,18,20H,7,9-10,12H2,1-4H3,(H,29,33)(H,30,35);2*1H/t16-,18+,20+;;/m0../s1. The monoisotopic (exact) mass is 499 g/mol. The largest absolute Gasteiger partial charge is 0.471 e. The molecule has 35 heavy (non-hydrogen) atoms. The lowest BCUT2D eigenvalue weighted by atomic mass is 9.84. The first-order valence-electron chi connectivity index (χ1n) is 11.8. The van der Waals surface area contributed by atoms with Gasteiger partial charge >= 0.3 is 12.1 Å². The van der Waals surface area contributed by atoms with Gasteiger partial charge in [0, 0.05) is 28.2 Å². The van der Waals surface area contributed by atoms with E-state index in [2.05, 4.69) is 24.1 Å². The number of alkyl halides is 3. The van der Waals surface area contributed by atoms with Gasteiger partial charge < -0.3 is 19.9 Å². The summed E-state index contributed by atoms with van der Waals surface area (Å²) >= 11 is 0. The molecule has 0 radical (unpaired) electrons. The minimum Gasteiger partial charge on any atom is -0.350 e. The molecular weight excluding hydrogens is 463 g/mol. The van der Waals surface area contributed by atoms with Crippen molar-refractivity contribution >= 4 is 23.2 Å². The molecule has 0 aliphatic carbocycles. The Morgan fingerprint density at radius 3 is 2.57 bits per heavy atom. The van der Waals surface area contributed by atoms with E-state index < -0.39 is 36.0 Å². The van der Waals surface area contributed by atoms with Gasteiger partial charge in [-0.1, -0.05) is 27.7 Å². The Hall–Kier alpha value is -3.11. The third-order valence-electron chi connectivity index (χ3n) is 6.32. The molecule has 0 spiro atoms. The van der Waals surface area contributed by atoms with E-state index in [0.29, 0.717) is 30.0 Å². The molecule has 0 aromatic carbocycles. The number of imidazole rings is 1. The summed E-state index contributed by atoms with van der Waals surface area (Å²) in [7, 11) is 0. The number of carbonyl (C=O) groups excluding carboxylic acids is 3. The second kappa shape index (κ2) is 10.7. The third-order valence-corrected chi connectivity index (χ3v) is 6.32. The first-order chi connectivity index (χ1) is 16.4. The van der Waals surface area contributed by atoms with Gasteiger partial charge in [-0.2, -0.15) is 13.2 Å². The molecule has 2 N–H and O–H groups in total. The van der Waals surface area contributed by atoms with Gasteiger partial charge in [0.05, 0.1) is 23.6 Å². The van der Waals surface area contributed by atoms with Crippen LogP contribution in [-0.2, 0) is 9.59 Å². The average molecular weight is 500 g/mol. The summed E-state index contributed by atoms with van der Waals surface area (Å²) in [6.45, 7) is 7.95. The van der Waals surface area contributed by atoms with Crippen LogP contribution in [0, 0.1) is 17.8 Å². The van der Waals surface area contributed by atoms with Gasteiger partial charge in [-0.15, -0.1) is 0 Å². The topological polar surface area (TPSA) is 95.8 Å². The highest BCUT2D eigenvalue weighted by molar-refractivity contribution is 6.00. The lowest BCUT2D eigenvalue weighted by Crippen LogP contribution is -2.59. The Kier molecular flexibility index (Phi) is 8.07. The number of piperidine rings is 1. The van der Waals surface area contributed by atoms with Crippen LogP contribution >= 0.6 is 0 Å². The van der Waals surface area contributed by atoms with Crippen LogP contribution in [0.4, 0.5) is 13.2 Å². The molecule has 3 rings (SSSR count). The van der Waals surface area contributed by atoms with Gasteiger partial charge in [0.25, 0.3) is 5.91 Å². The zero-order valence-corrected chi connectivity index (χ0v) is 20.3. The number of rotatable bonds is 7. The van der Waals surface area contributed by atoms with E-state index >= 15 is 0 Å². The van der Waals surface area contributed by atoms with Crippen LogP contribution in [0.2, 0.25) is 0 Å². The second-order valence-corrected chi connectivity index (χ2v) is 9.85. The highest BCUT2D eigenvalue weighted by atomic mass is 19.4. The summed E-state index contributed by atoms with van der Waals surface area (Å²) in [5.74, 6) is -3.24. The molecule has 2 aromatic heterocycles. The van der Waals surface area contributed by atoms with E-state index in [9.17, 15) is 27.6 Å². The molecule has 196 valence electrons. The van der Waals surface area contributed by atoms with E-state index in [0.717, 1.165) is 6.42 Å². The van der Waals surface area contributed by atoms with Gasteiger partial charge in [-0.25, -0.2) is 4.98 Å². The van der Waals surface area contributed by atoms with Crippen molar-refractivity contribution in [1.82, 2.24) is 24.9 Å². The molecule has 3 heterocycles. The van der Waals surface area contributed by atoms with E-state index in [-0.39, 0.29) is 21.2 Å². The molecule has 0 bridgehead atoms. The summed E-state index contributed by atoms with van der Waals surface area (Å²) in [6, 6.07) is 1.66. The average Bonchev–Trinajstić information content (AvgIpc) is 3.25. The fourth-order valence-electron chi connectivity index (χ4n) is 4.57. The van der Waals surface area contributed by atoms with Crippen molar-refractivity contribution in [3.05, 3.63) is 36.4 Å². The fraction of sp³-hybridized carbons (Fsp3) is 0.583. The summed E-state index contributed by atoms with van der Waals surface area (Å²) in [5.41, 5.74) is 1.15. The first kappa shape index (κ1) is 26.5. The van der Waals surface area contributed by atoms with Gasteiger partial charge in [0.1, 0.15) is 6.04 Å². The molecular formula is C24H36F3N5O3. The zero-order chi connectivity index (χ0) is 25.9. The quantitative estimate of drug-likeness (QED) is 0.609. The fourth-order valence-corrected chi connectivity index (χ4v) is 4.57. The summed E-state index contributed by atoms with van der Waals surface area (Å²) < 4.78 is 40.1. The highest BCUT2D eigenvalue weighted by Crippen LogP contribution is 2.27. The van der Waals surface area contributed by atoms with Crippen molar-refractivity contribution in [2.45, 2.75) is 58.8 Å². The van der Waals surface area contributed by atoms with Crippen LogP contribution in [0.25, 0.3) is 5.52 Å². The maximum absolute atomic E-state index is 13.4. The van der Waals surface area contributed by atoms with E-state index in [1.807, 2.05) is 5.32 Å². The van der Waals surface area contributed by atoms with E-state index in [4.69, 9.17) is 0 Å². The molecule has 1 aliphatic rings. The van der Waals surface area contributed by atoms with Crippen LogP contribution in [0.1, 0.15) is 53.7 Å². The number of fused-ring (bicyclic) bond motifs is 1. The normalized spacial score (nSPS) is 19.7. The number of carbonyl (C=O) groups is 3. The Morgan fingerprint density at radius 2 is 1.94 bits per heavy atom. The predicted molar refractivity (Wildman–Crippen MR) is 128 cm³/mol. The Bertz CT molecular complexity index is 1080. The van der Waals surface area contributed by atoms with Crippen LogP contribution < -0.4 is 10.6 Å². The number of pyridine rings is 1. The molecule has 1 fully saturated rings. The van der Waals surface area contributed by atoms with Crippen LogP contribution in [0.3, 0.4) is 0 Å². The molecule has 3 amide bonds. The first-order valence-corrected chi connectivity index (χ1v) is 11.8. The van der Waals surface area contributed by atoms with Crippen molar-refractivity contribution in [1.29, 1.82) is 0 Å². The van der Waals surface area contributed by atoms with Crippen molar-refractivity contribution in [3.8, 4) is 0 Å². The van der Waals surface area contributed by atoms with Gasteiger partial charge in [0.2, 0.25) is 5.91 Å². The molecule has 0 unspecified atom stereocenters. The number of hydrogen-bond donors (Lipinski definition) is 2. The molecule has 8 nitrogen and oxygen atoms in total. The number of nitrogens with one attached hydrogen (secondary N) is 2. The second-order valence-electron chi connectivity index (χ2n) is 9.85. The SMILES string of the molecule is CC(C)C[C@@H]1CCN(C(=O)c2cccn3cncc23)C[C@H]1NC(=O)[C@H](NC(=O)C(F)(F)F)C(C)C.[HH].[HH]. The number of amides is 3. The Balaban J connectivity index is 0.00000342. The Labute approximate surface area is 205 Å². The molecule has 0 saturated carbocycles. The minimum absolute atomic E-state index is 0. The van der Waals surface area contributed by atoms with E-state index in [1.165, 1.54) is 0 Å². The number of halogens is 3. The van der Waals surface area contributed by atoms with Crippen molar-refractivity contribution in [2.75, 3.05) is 13.1 Å². The molecule has 3 atom stereocenters. The smallest absolute Gasteiger partial charge is 0.350 e. The lowest BCUT2D eigenvalue weighted by molar-refractivity contribution is -0.175. The summed E-state index contributed by atoms with van der Waals surface area (Å²) in [4.78, 5) is 43.6. The number of likely N-dealkylation sites (tertiary alicyclic amines) is 1. The molecule has 11 heteroatoms. The predicted octanol–water partition coefficient (Wildman–Crippen LogP) is 3.52. The van der Waals surface area contributed by atoms with Crippen molar-refractivity contribution in [2.24, 2.45) is 17.8 Å². The molecule has 2 aromatic rings. The van der Waals surface area contributed by atoms with Crippen LogP contribution in [0.15, 0.2) is 30.9 Å². The maximum Gasteiger partial charge on any atom is 0.471 e.